The first-order valence-corrected chi connectivity index (χ1v) is 6.42. The average Bonchev–Trinajstić information content (AvgIpc) is 2.45. The molecule has 0 bridgehead atoms. The van der Waals surface area contributed by atoms with Gasteiger partial charge in [-0.15, -0.1) is 0 Å². The normalized spacial score (nSPS) is 10.2. The predicted octanol–water partition coefficient (Wildman–Crippen LogP) is 0.109. The van der Waals surface area contributed by atoms with E-state index in [2.05, 4.69) is 31.8 Å². The van der Waals surface area contributed by atoms with E-state index >= 15 is 0 Å². The molecule has 1 aromatic rings. The molecule has 0 radical (unpaired) electrons. The van der Waals surface area contributed by atoms with E-state index in [1.807, 2.05) is 0 Å². The lowest BCUT2D eigenvalue weighted by Crippen LogP contribution is -2.35. The third kappa shape index (κ3) is 5.61. The predicted molar refractivity (Wildman–Crippen MR) is 77.1 cm³/mol. The summed E-state index contributed by atoms with van der Waals surface area (Å²) in [6.07, 6.45) is 1.33. The second-order valence-corrected chi connectivity index (χ2v) is 4.50. The van der Waals surface area contributed by atoms with Crippen molar-refractivity contribution in [2.24, 2.45) is 5.10 Å². The van der Waals surface area contributed by atoms with Crippen LogP contribution in [0.1, 0.15) is 5.56 Å². The number of amides is 2. The Kier molecular flexibility index (Phi) is 6.34. The molecule has 0 saturated heterocycles. The van der Waals surface area contributed by atoms with Crippen LogP contribution in [-0.2, 0) is 14.4 Å². The van der Waals surface area contributed by atoms with Crippen LogP contribution in [0.2, 0.25) is 0 Å². The SMILES string of the molecule is CNC(=O)C(=O)N/N=C\c1ccc(OCC(=O)O)c(Br)c1. The molecular weight excluding hydrogens is 346 g/mol. The van der Waals surface area contributed by atoms with Crippen LogP contribution < -0.4 is 15.5 Å². The Morgan fingerprint density at radius 1 is 1.38 bits per heavy atom. The fourth-order valence-electron chi connectivity index (χ4n) is 1.18. The van der Waals surface area contributed by atoms with E-state index in [1.165, 1.54) is 13.3 Å². The van der Waals surface area contributed by atoms with E-state index in [1.54, 1.807) is 18.2 Å². The van der Waals surface area contributed by atoms with Gasteiger partial charge in [0.05, 0.1) is 10.7 Å². The Hall–Kier alpha value is -2.42. The second kappa shape index (κ2) is 8.00. The second-order valence-electron chi connectivity index (χ2n) is 3.65. The zero-order valence-electron chi connectivity index (χ0n) is 10.9. The molecule has 0 aliphatic carbocycles. The van der Waals surface area contributed by atoms with Crippen LogP contribution in [0.5, 0.6) is 5.75 Å². The highest BCUT2D eigenvalue weighted by Gasteiger charge is 2.09. The van der Waals surface area contributed by atoms with Crippen LogP contribution in [0, 0.1) is 0 Å². The summed E-state index contributed by atoms with van der Waals surface area (Å²) < 4.78 is 5.56. The number of carboxylic acid groups (broad SMARTS) is 1. The minimum Gasteiger partial charge on any atom is -0.481 e. The smallest absolute Gasteiger partial charge is 0.341 e. The van der Waals surface area contributed by atoms with Crippen molar-refractivity contribution in [3.63, 3.8) is 0 Å². The number of halogens is 1. The van der Waals surface area contributed by atoms with Crippen molar-refractivity contribution in [3.05, 3.63) is 28.2 Å². The van der Waals surface area contributed by atoms with Crippen molar-refractivity contribution in [2.75, 3.05) is 13.7 Å². The zero-order chi connectivity index (χ0) is 15.8. The molecule has 0 saturated carbocycles. The maximum absolute atomic E-state index is 11.1. The first kappa shape index (κ1) is 16.6. The van der Waals surface area contributed by atoms with Crippen LogP contribution in [0.25, 0.3) is 0 Å². The fraction of sp³-hybridized carbons (Fsp3) is 0.167. The van der Waals surface area contributed by atoms with Gasteiger partial charge in [-0.2, -0.15) is 5.10 Å². The Morgan fingerprint density at radius 2 is 2.10 bits per heavy atom. The zero-order valence-corrected chi connectivity index (χ0v) is 12.5. The largest absolute Gasteiger partial charge is 0.481 e. The van der Waals surface area contributed by atoms with E-state index in [-0.39, 0.29) is 0 Å². The quantitative estimate of drug-likeness (QED) is 0.392. The van der Waals surface area contributed by atoms with E-state index in [4.69, 9.17) is 9.84 Å². The van der Waals surface area contributed by atoms with Gasteiger partial charge in [0.1, 0.15) is 5.75 Å². The van der Waals surface area contributed by atoms with Crippen molar-refractivity contribution in [1.29, 1.82) is 0 Å². The van der Waals surface area contributed by atoms with Crippen LogP contribution in [0.3, 0.4) is 0 Å². The van der Waals surface area contributed by atoms with Crippen molar-refractivity contribution in [3.8, 4) is 5.75 Å². The van der Waals surface area contributed by atoms with Gasteiger partial charge in [-0.1, -0.05) is 0 Å². The first-order valence-electron chi connectivity index (χ1n) is 5.63. The van der Waals surface area contributed by atoms with Gasteiger partial charge < -0.3 is 15.2 Å². The molecule has 0 aromatic heterocycles. The number of nitrogens with zero attached hydrogens (tertiary/aromatic N) is 1. The summed E-state index contributed by atoms with van der Waals surface area (Å²) in [5, 5.41) is 14.3. The molecule has 9 heteroatoms. The molecule has 0 fully saturated rings. The summed E-state index contributed by atoms with van der Waals surface area (Å²) in [6.45, 7) is -0.450. The number of hydrogen-bond acceptors (Lipinski definition) is 5. The average molecular weight is 358 g/mol. The molecule has 0 atom stereocenters. The summed E-state index contributed by atoms with van der Waals surface area (Å²) >= 11 is 3.22. The number of rotatable bonds is 5. The minimum atomic E-state index is -1.08. The van der Waals surface area contributed by atoms with Gasteiger partial charge in [0.15, 0.2) is 6.61 Å². The summed E-state index contributed by atoms with van der Waals surface area (Å²) in [4.78, 5) is 32.4. The number of carboxylic acids is 1. The fourth-order valence-corrected chi connectivity index (χ4v) is 1.69. The number of ether oxygens (including phenoxy) is 1. The van der Waals surface area contributed by atoms with Crippen molar-refractivity contribution in [2.45, 2.75) is 0 Å². The van der Waals surface area contributed by atoms with Crippen molar-refractivity contribution in [1.82, 2.24) is 10.7 Å². The summed E-state index contributed by atoms with van der Waals surface area (Å²) in [5.41, 5.74) is 2.66. The first-order chi connectivity index (χ1) is 9.93. The number of carbonyl (C=O) groups is 3. The van der Waals surface area contributed by atoms with Gasteiger partial charge in [-0.25, -0.2) is 10.2 Å². The summed E-state index contributed by atoms with van der Waals surface area (Å²) in [5.74, 6) is -2.40. The molecule has 0 heterocycles. The molecule has 3 N–H and O–H groups in total. The van der Waals surface area contributed by atoms with Crippen LogP contribution in [0.4, 0.5) is 0 Å². The molecule has 0 aliphatic rings. The van der Waals surface area contributed by atoms with Crippen LogP contribution in [-0.4, -0.2) is 42.8 Å². The number of aliphatic carboxylic acids is 1. The van der Waals surface area contributed by atoms with E-state index in [0.29, 0.717) is 15.8 Å². The molecule has 1 rings (SSSR count). The Bertz CT molecular complexity index is 588. The van der Waals surface area contributed by atoms with E-state index in [0.717, 1.165) is 0 Å². The van der Waals surface area contributed by atoms with Crippen LogP contribution in [0.15, 0.2) is 27.8 Å². The van der Waals surface area contributed by atoms with Crippen LogP contribution >= 0.6 is 15.9 Å². The van der Waals surface area contributed by atoms with Gasteiger partial charge >= 0.3 is 17.8 Å². The number of benzene rings is 1. The van der Waals surface area contributed by atoms with Gasteiger partial charge in [-0.05, 0) is 39.7 Å². The monoisotopic (exact) mass is 357 g/mol. The molecule has 1 aromatic carbocycles. The third-order valence-electron chi connectivity index (χ3n) is 2.12. The number of hydrazone groups is 1. The third-order valence-corrected chi connectivity index (χ3v) is 2.74. The number of hydrogen-bond donors (Lipinski definition) is 3. The Labute approximate surface area is 128 Å². The maximum atomic E-state index is 11.1. The highest BCUT2D eigenvalue weighted by Crippen LogP contribution is 2.25. The van der Waals surface area contributed by atoms with Gasteiger partial charge in [0.2, 0.25) is 0 Å². The molecule has 0 spiro atoms. The maximum Gasteiger partial charge on any atom is 0.341 e. The topological polar surface area (TPSA) is 117 Å². The highest BCUT2D eigenvalue weighted by atomic mass is 79.9. The summed E-state index contributed by atoms with van der Waals surface area (Å²) in [6, 6.07) is 4.78. The van der Waals surface area contributed by atoms with Gasteiger partial charge in [-0.3, -0.25) is 9.59 Å². The lowest BCUT2D eigenvalue weighted by atomic mass is 10.2. The standard InChI is InChI=1S/C12H12BrN3O5/c1-14-11(19)12(20)16-15-5-7-2-3-9(8(13)4-7)21-6-10(17)18/h2-5H,6H2,1H3,(H,14,19)(H,16,20)(H,17,18)/b15-5-. The molecule has 21 heavy (non-hydrogen) atoms. The lowest BCUT2D eigenvalue weighted by Gasteiger charge is -2.06. The van der Waals surface area contributed by atoms with E-state index in [9.17, 15) is 14.4 Å². The number of likely N-dealkylation sites (N-methyl/N-ethyl adjacent to an activating group) is 1. The van der Waals surface area contributed by atoms with Crippen molar-refractivity contribution >= 4 is 39.9 Å². The molecule has 2 amide bonds. The van der Waals surface area contributed by atoms with Gasteiger partial charge in [0.25, 0.3) is 0 Å². The molecule has 0 unspecified atom stereocenters. The molecule has 112 valence electrons. The van der Waals surface area contributed by atoms with E-state index < -0.39 is 24.4 Å². The van der Waals surface area contributed by atoms with Gasteiger partial charge in [0, 0.05) is 7.05 Å². The summed E-state index contributed by atoms with van der Waals surface area (Å²) in [7, 11) is 1.33. The number of carbonyl (C=O) groups excluding carboxylic acids is 2. The molecule has 8 nitrogen and oxygen atoms in total. The lowest BCUT2D eigenvalue weighted by molar-refractivity contribution is -0.139. The Morgan fingerprint density at radius 3 is 2.67 bits per heavy atom. The van der Waals surface area contributed by atoms with Crippen molar-refractivity contribution < 1.29 is 24.2 Å². The Balaban J connectivity index is 2.65. The molecular formula is C12H12BrN3O5. The molecule has 0 aliphatic heterocycles. The highest BCUT2D eigenvalue weighted by molar-refractivity contribution is 9.10. The minimum absolute atomic E-state index is 0.365. The number of nitrogens with one attached hydrogen (secondary N) is 2.